The SMILES string of the molecule is C=C(C)c1ccccc1C.CN=NC.[HH]. The van der Waals surface area contributed by atoms with Crippen LogP contribution in [0, 0.1) is 6.92 Å². The summed E-state index contributed by atoms with van der Waals surface area (Å²) in [7, 11) is 3.28. The van der Waals surface area contributed by atoms with Crippen LogP contribution in [0.15, 0.2) is 41.1 Å². The fourth-order valence-corrected chi connectivity index (χ4v) is 1.05. The number of azo groups is 1. The molecule has 0 radical (unpaired) electrons. The van der Waals surface area contributed by atoms with Gasteiger partial charge in [-0.3, -0.25) is 0 Å². The lowest BCUT2D eigenvalue weighted by molar-refractivity contribution is 1.11. The molecule has 14 heavy (non-hydrogen) atoms. The van der Waals surface area contributed by atoms with Crippen LogP contribution in [0.5, 0.6) is 0 Å². The van der Waals surface area contributed by atoms with Gasteiger partial charge in [0.05, 0.1) is 0 Å². The van der Waals surface area contributed by atoms with Crippen LogP contribution in [0.2, 0.25) is 0 Å². The van der Waals surface area contributed by atoms with Crippen molar-refractivity contribution in [3.8, 4) is 0 Å². The van der Waals surface area contributed by atoms with Gasteiger partial charge in [0.2, 0.25) is 0 Å². The van der Waals surface area contributed by atoms with Crippen LogP contribution >= 0.6 is 0 Å². The van der Waals surface area contributed by atoms with Crippen molar-refractivity contribution in [3.05, 3.63) is 42.0 Å². The van der Waals surface area contributed by atoms with E-state index >= 15 is 0 Å². The number of hydrogen-bond donors (Lipinski definition) is 0. The third-order valence-electron chi connectivity index (χ3n) is 1.80. The molecule has 1 rings (SSSR count). The van der Waals surface area contributed by atoms with Gasteiger partial charge < -0.3 is 0 Å². The van der Waals surface area contributed by atoms with Crippen molar-refractivity contribution in [1.82, 2.24) is 0 Å². The summed E-state index contributed by atoms with van der Waals surface area (Å²) in [6, 6.07) is 8.28. The molecule has 0 spiro atoms. The summed E-state index contributed by atoms with van der Waals surface area (Å²) in [4.78, 5) is 0. The Hall–Kier alpha value is -1.44. The van der Waals surface area contributed by atoms with Crippen molar-refractivity contribution in [1.29, 1.82) is 0 Å². The zero-order valence-corrected chi connectivity index (χ0v) is 9.41. The molecule has 0 aliphatic rings. The van der Waals surface area contributed by atoms with Crippen molar-refractivity contribution >= 4 is 5.57 Å². The van der Waals surface area contributed by atoms with Crippen molar-refractivity contribution in [2.45, 2.75) is 13.8 Å². The molecule has 0 amide bonds. The van der Waals surface area contributed by atoms with E-state index in [1.54, 1.807) is 14.1 Å². The van der Waals surface area contributed by atoms with Crippen molar-refractivity contribution in [2.75, 3.05) is 14.1 Å². The highest BCUT2D eigenvalue weighted by atomic mass is 15.0. The summed E-state index contributed by atoms with van der Waals surface area (Å²) in [5.41, 5.74) is 3.70. The minimum absolute atomic E-state index is 0. The molecule has 2 nitrogen and oxygen atoms in total. The first-order chi connectivity index (χ1) is 6.63. The maximum Gasteiger partial charge on any atom is 0.0487 e. The van der Waals surface area contributed by atoms with Crippen LogP contribution in [0.25, 0.3) is 5.57 Å². The number of aryl methyl sites for hydroxylation is 1. The normalized spacial score (nSPS) is 9.43. The second-order valence-electron chi connectivity index (χ2n) is 3.00. The van der Waals surface area contributed by atoms with Crippen LogP contribution in [0.3, 0.4) is 0 Å². The Morgan fingerprint density at radius 3 is 2.00 bits per heavy atom. The molecule has 2 heteroatoms. The molecule has 0 saturated heterocycles. The van der Waals surface area contributed by atoms with Crippen LogP contribution < -0.4 is 0 Å². The van der Waals surface area contributed by atoms with E-state index in [9.17, 15) is 0 Å². The quantitative estimate of drug-likeness (QED) is 0.601. The molecule has 1 aromatic carbocycles. The first kappa shape index (κ1) is 12.6. The molecule has 0 aliphatic carbocycles. The Morgan fingerprint density at radius 2 is 1.71 bits per heavy atom. The summed E-state index contributed by atoms with van der Waals surface area (Å²) < 4.78 is 0. The lowest BCUT2D eigenvalue weighted by Crippen LogP contribution is -1.81. The van der Waals surface area contributed by atoms with Gasteiger partial charge in [-0.05, 0) is 25.0 Å². The van der Waals surface area contributed by atoms with E-state index < -0.39 is 0 Å². The number of rotatable bonds is 1. The maximum atomic E-state index is 3.89. The largest absolute Gasteiger partial charge is 0.198 e. The van der Waals surface area contributed by atoms with Crippen molar-refractivity contribution in [3.63, 3.8) is 0 Å². The van der Waals surface area contributed by atoms with E-state index in [4.69, 9.17) is 0 Å². The molecule has 0 N–H and O–H groups in total. The van der Waals surface area contributed by atoms with Gasteiger partial charge >= 0.3 is 0 Å². The molecule has 0 aromatic heterocycles. The summed E-state index contributed by atoms with van der Waals surface area (Å²) >= 11 is 0. The number of nitrogens with zero attached hydrogens (tertiary/aromatic N) is 2. The van der Waals surface area contributed by atoms with Gasteiger partial charge in [-0.2, -0.15) is 10.2 Å². The summed E-state index contributed by atoms with van der Waals surface area (Å²) in [6.45, 7) is 8.02. The van der Waals surface area contributed by atoms with Crippen molar-refractivity contribution < 1.29 is 1.43 Å². The predicted octanol–water partition coefficient (Wildman–Crippen LogP) is 3.97. The zero-order chi connectivity index (χ0) is 11.0. The fourth-order valence-electron chi connectivity index (χ4n) is 1.05. The highest BCUT2D eigenvalue weighted by Gasteiger charge is 1.94. The van der Waals surface area contributed by atoms with Crippen molar-refractivity contribution in [2.24, 2.45) is 10.2 Å². The smallest absolute Gasteiger partial charge is 0.0487 e. The van der Waals surface area contributed by atoms with Gasteiger partial charge in [0, 0.05) is 15.5 Å². The Labute approximate surface area is 87.9 Å². The molecule has 1 aromatic rings. The van der Waals surface area contributed by atoms with E-state index in [2.05, 4.69) is 35.9 Å². The van der Waals surface area contributed by atoms with Crippen LogP contribution in [0.1, 0.15) is 19.5 Å². The van der Waals surface area contributed by atoms with Crippen LogP contribution in [-0.2, 0) is 0 Å². The topological polar surface area (TPSA) is 24.7 Å². The van der Waals surface area contributed by atoms with Gasteiger partial charge in [-0.1, -0.05) is 36.4 Å². The minimum Gasteiger partial charge on any atom is -0.198 e. The predicted molar refractivity (Wildman–Crippen MR) is 64.7 cm³/mol. The number of hydrogen-bond acceptors (Lipinski definition) is 2. The molecular formula is C12H20N2. The molecule has 0 fully saturated rings. The Balaban J connectivity index is 0. The van der Waals surface area contributed by atoms with E-state index in [1.165, 1.54) is 11.1 Å². The highest BCUT2D eigenvalue weighted by molar-refractivity contribution is 5.63. The van der Waals surface area contributed by atoms with Crippen LogP contribution in [-0.4, -0.2) is 14.1 Å². The van der Waals surface area contributed by atoms with Gasteiger partial charge in [0.1, 0.15) is 0 Å². The molecule has 0 bridgehead atoms. The standard InChI is InChI=1S/C10H12.C2H6N2.H2/c1-8(2)10-7-5-4-6-9(10)3;1-3-4-2;/h4-7H,1H2,2-3H3;1-2H3;1H. The maximum absolute atomic E-state index is 3.89. The Kier molecular flexibility index (Phi) is 6.29. The third-order valence-corrected chi connectivity index (χ3v) is 1.80. The van der Waals surface area contributed by atoms with Gasteiger partial charge in [0.25, 0.3) is 0 Å². The highest BCUT2D eigenvalue weighted by Crippen LogP contribution is 2.14. The van der Waals surface area contributed by atoms with Gasteiger partial charge in [-0.15, -0.1) is 0 Å². The molecule has 0 heterocycles. The molecule has 0 saturated carbocycles. The Bertz CT molecular complexity index is 315. The van der Waals surface area contributed by atoms with E-state index in [1.807, 2.05) is 19.1 Å². The monoisotopic (exact) mass is 192 g/mol. The first-order valence-corrected chi connectivity index (χ1v) is 4.53. The van der Waals surface area contributed by atoms with Crippen LogP contribution in [0.4, 0.5) is 0 Å². The first-order valence-electron chi connectivity index (χ1n) is 4.53. The number of benzene rings is 1. The fraction of sp³-hybridized carbons (Fsp3) is 0.333. The molecule has 0 aliphatic heterocycles. The third kappa shape index (κ3) is 4.55. The average Bonchev–Trinajstić information content (AvgIpc) is 2.18. The second-order valence-corrected chi connectivity index (χ2v) is 3.00. The van der Waals surface area contributed by atoms with E-state index in [0.29, 0.717) is 0 Å². The van der Waals surface area contributed by atoms with E-state index in [0.717, 1.165) is 5.57 Å². The summed E-state index contributed by atoms with van der Waals surface area (Å²) in [5, 5.41) is 6.72. The average molecular weight is 192 g/mol. The lowest BCUT2D eigenvalue weighted by Gasteiger charge is -2.02. The summed E-state index contributed by atoms with van der Waals surface area (Å²) in [6.07, 6.45) is 0. The van der Waals surface area contributed by atoms with Gasteiger partial charge in [-0.25, -0.2) is 0 Å². The molecule has 0 unspecified atom stereocenters. The molecular weight excluding hydrogens is 172 g/mol. The van der Waals surface area contributed by atoms with E-state index in [-0.39, 0.29) is 1.43 Å². The summed E-state index contributed by atoms with van der Waals surface area (Å²) in [5.74, 6) is 0. The molecule has 78 valence electrons. The second kappa shape index (κ2) is 7.01. The zero-order valence-electron chi connectivity index (χ0n) is 9.41. The minimum atomic E-state index is 0. The molecule has 0 atom stereocenters. The van der Waals surface area contributed by atoms with Gasteiger partial charge in [0.15, 0.2) is 0 Å². The lowest BCUT2D eigenvalue weighted by atomic mass is 10.0. The number of allylic oxidation sites excluding steroid dienone is 1. The Morgan fingerprint density at radius 1 is 1.21 bits per heavy atom.